The molecule has 1 aromatic heterocycles. The van der Waals surface area contributed by atoms with E-state index in [1.165, 1.54) is 32.1 Å². The summed E-state index contributed by atoms with van der Waals surface area (Å²) in [5.74, 6) is 1.27. The zero-order chi connectivity index (χ0) is 14.8. The molecule has 2 fully saturated rings. The van der Waals surface area contributed by atoms with Gasteiger partial charge >= 0.3 is 0 Å². The molecule has 0 spiro atoms. The molecule has 116 valence electrons. The summed E-state index contributed by atoms with van der Waals surface area (Å²) in [5.41, 5.74) is 0.493. The van der Waals surface area contributed by atoms with Crippen molar-refractivity contribution in [1.29, 1.82) is 0 Å². The monoisotopic (exact) mass is 309 g/mol. The first-order valence-corrected chi connectivity index (χ1v) is 8.59. The van der Waals surface area contributed by atoms with Gasteiger partial charge in [0.2, 0.25) is 0 Å². The van der Waals surface area contributed by atoms with Crippen molar-refractivity contribution in [3.8, 4) is 0 Å². The average molecular weight is 310 g/mol. The van der Waals surface area contributed by atoms with Crippen LogP contribution in [-0.2, 0) is 6.54 Å². The molecule has 0 aromatic carbocycles. The van der Waals surface area contributed by atoms with Crippen LogP contribution in [0.3, 0.4) is 0 Å². The van der Waals surface area contributed by atoms with Crippen molar-refractivity contribution in [3.05, 3.63) is 21.6 Å². The second-order valence-corrected chi connectivity index (χ2v) is 6.91. The van der Waals surface area contributed by atoms with Crippen molar-refractivity contribution in [1.82, 2.24) is 9.78 Å². The van der Waals surface area contributed by atoms with Crippen LogP contribution in [-0.4, -0.2) is 15.8 Å². The van der Waals surface area contributed by atoms with E-state index in [0.29, 0.717) is 28.6 Å². The lowest BCUT2D eigenvalue weighted by atomic mass is 9.83. The molecular formula is C16H24ClN3O. The zero-order valence-electron chi connectivity index (χ0n) is 12.6. The van der Waals surface area contributed by atoms with Crippen LogP contribution >= 0.6 is 11.6 Å². The highest BCUT2D eigenvalue weighted by molar-refractivity contribution is 6.33. The van der Waals surface area contributed by atoms with Gasteiger partial charge in [-0.1, -0.05) is 37.8 Å². The molecule has 0 aliphatic heterocycles. The Labute approximate surface area is 130 Å². The van der Waals surface area contributed by atoms with Crippen LogP contribution in [0.25, 0.3) is 0 Å². The van der Waals surface area contributed by atoms with Crippen molar-refractivity contribution in [2.24, 2.45) is 11.8 Å². The van der Waals surface area contributed by atoms with E-state index in [9.17, 15) is 4.79 Å². The van der Waals surface area contributed by atoms with Gasteiger partial charge in [-0.3, -0.25) is 4.79 Å². The van der Waals surface area contributed by atoms with Gasteiger partial charge in [0.1, 0.15) is 5.69 Å². The number of hydrogen-bond donors (Lipinski definition) is 1. The SMILES string of the molecule is CCC1CCCCC1Nc1c(Cl)cnn(CC2CC2)c1=O. The van der Waals surface area contributed by atoms with Crippen LogP contribution in [0.5, 0.6) is 0 Å². The Morgan fingerprint density at radius 2 is 2.10 bits per heavy atom. The maximum Gasteiger partial charge on any atom is 0.291 e. The van der Waals surface area contributed by atoms with Gasteiger partial charge in [0, 0.05) is 12.6 Å². The van der Waals surface area contributed by atoms with Gasteiger partial charge in [0.05, 0.1) is 11.2 Å². The second-order valence-electron chi connectivity index (χ2n) is 6.50. The molecule has 3 rings (SSSR count). The van der Waals surface area contributed by atoms with Gasteiger partial charge in [0.15, 0.2) is 0 Å². The molecule has 0 bridgehead atoms. The van der Waals surface area contributed by atoms with Crippen LogP contribution in [0, 0.1) is 11.8 Å². The first-order valence-electron chi connectivity index (χ1n) is 8.21. The third-order valence-corrected chi connectivity index (χ3v) is 5.18. The molecule has 2 atom stereocenters. The van der Waals surface area contributed by atoms with Crippen LogP contribution in [0.2, 0.25) is 5.02 Å². The maximum atomic E-state index is 12.6. The van der Waals surface area contributed by atoms with Crippen LogP contribution in [0.1, 0.15) is 51.9 Å². The molecule has 2 aliphatic carbocycles. The third-order valence-electron chi connectivity index (χ3n) is 4.89. The zero-order valence-corrected chi connectivity index (χ0v) is 13.4. The fourth-order valence-corrected chi connectivity index (χ4v) is 3.53. The number of aromatic nitrogens is 2. The standard InChI is InChI=1S/C16H24ClN3O/c1-2-12-5-3-4-6-14(12)19-15-13(17)9-18-20(16(15)21)10-11-7-8-11/h9,11-12,14,19H,2-8,10H2,1H3. The van der Waals surface area contributed by atoms with E-state index in [-0.39, 0.29) is 5.56 Å². The number of rotatable bonds is 5. The second kappa shape index (κ2) is 6.39. The summed E-state index contributed by atoms with van der Waals surface area (Å²) >= 11 is 6.23. The quantitative estimate of drug-likeness (QED) is 0.902. The Balaban J connectivity index is 1.81. The van der Waals surface area contributed by atoms with E-state index >= 15 is 0 Å². The molecule has 1 N–H and O–H groups in total. The molecule has 1 aromatic rings. The number of halogens is 1. The minimum Gasteiger partial charge on any atom is -0.376 e. The molecule has 4 nitrogen and oxygen atoms in total. The summed E-state index contributed by atoms with van der Waals surface area (Å²) < 4.78 is 1.58. The van der Waals surface area contributed by atoms with Crippen molar-refractivity contribution < 1.29 is 0 Å². The van der Waals surface area contributed by atoms with Crippen LogP contribution in [0.4, 0.5) is 5.69 Å². The summed E-state index contributed by atoms with van der Waals surface area (Å²) in [4.78, 5) is 12.6. The molecule has 0 radical (unpaired) electrons. The van der Waals surface area contributed by atoms with Gasteiger partial charge in [-0.15, -0.1) is 0 Å². The maximum absolute atomic E-state index is 12.6. The molecule has 0 saturated heterocycles. The fourth-order valence-electron chi connectivity index (χ4n) is 3.35. The highest BCUT2D eigenvalue weighted by atomic mass is 35.5. The lowest BCUT2D eigenvalue weighted by Gasteiger charge is -2.32. The van der Waals surface area contributed by atoms with E-state index < -0.39 is 0 Å². The van der Waals surface area contributed by atoms with Crippen LogP contribution in [0.15, 0.2) is 11.0 Å². The molecule has 2 unspecified atom stereocenters. The van der Waals surface area contributed by atoms with Gasteiger partial charge in [-0.2, -0.15) is 5.10 Å². The van der Waals surface area contributed by atoms with E-state index in [1.807, 2.05) is 0 Å². The summed E-state index contributed by atoms with van der Waals surface area (Å²) in [6.07, 6.45) is 10.1. The summed E-state index contributed by atoms with van der Waals surface area (Å²) in [6, 6.07) is 0.366. The number of nitrogens with zero attached hydrogens (tertiary/aromatic N) is 2. The predicted molar refractivity (Wildman–Crippen MR) is 85.9 cm³/mol. The Morgan fingerprint density at radius 3 is 2.81 bits per heavy atom. The van der Waals surface area contributed by atoms with Crippen molar-refractivity contribution in [2.75, 3.05) is 5.32 Å². The fraction of sp³-hybridized carbons (Fsp3) is 0.750. The summed E-state index contributed by atoms with van der Waals surface area (Å²) in [7, 11) is 0. The van der Waals surface area contributed by atoms with Gasteiger partial charge in [-0.05, 0) is 37.5 Å². The molecule has 2 aliphatic rings. The van der Waals surface area contributed by atoms with Gasteiger partial charge < -0.3 is 5.32 Å². The smallest absolute Gasteiger partial charge is 0.291 e. The Morgan fingerprint density at radius 1 is 1.33 bits per heavy atom. The molecule has 1 heterocycles. The van der Waals surface area contributed by atoms with Crippen LogP contribution < -0.4 is 10.9 Å². The number of anilines is 1. The largest absolute Gasteiger partial charge is 0.376 e. The highest BCUT2D eigenvalue weighted by Gasteiger charge is 2.27. The molecule has 2 saturated carbocycles. The van der Waals surface area contributed by atoms with E-state index in [4.69, 9.17) is 11.6 Å². The average Bonchev–Trinajstić information content (AvgIpc) is 3.31. The van der Waals surface area contributed by atoms with Crippen molar-refractivity contribution >= 4 is 17.3 Å². The van der Waals surface area contributed by atoms with Gasteiger partial charge in [0.25, 0.3) is 5.56 Å². The minimum absolute atomic E-state index is 0.0603. The highest BCUT2D eigenvalue weighted by Crippen LogP contribution is 2.31. The van der Waals surface area contributed by atoms with E-state index in [2.05, 4.69) is 17.3 Å². The van der Waals surface area contributed by atoms with E-state index in [1.54, 1.807) is 10.9 Å². The van der Waals surface area contributed by atoms with Gasteiger partial charge in [-0.25, -0.2) is 4.68 Å². The first-order chi connectivity index (χ1) is 10.2. The minimum atomic E-state index is -0.0603. The molecular weight excluding hydrogens is 286 g/mol. The Bertz CT molecular complexity index is 553. The lowest BCUT2D eigenvalue weighted by Crippen LogP contribution is -2.36. The molecule has 21 heavy (non-hydrogen) atoms. The first kappa shape index (κ1) is 14.9. The topological polar surface area (TPSA) is 46.9 Å². The lowest BCUT2D eigenvalue weighted by molar-refractivity contribution is 0.317. The summed E-state index contributed by atoms with van der Waals surface area (Å²) in [5, 5.41) is 8.08. The number of nitrogens with one attached hydrogen (secondary N) is 1. The van der Waals surface area contributed by atoms with Crippen molar-refractivity contribution in [2.45, 2.75) is 64.5 Å². The molecule has 0 amide bonds. The van der Waals surface area contributed by atoms with E-state index in [0.717, 1.165) is 19.4 Å². The summed E-state index contributed by atoms with van der Waals surface area (Å²) in [6.45, 7) is 2.96. The van der Waals surface area contributed by atoms with Crippen molar-refractivity contribution in [3.63, 3.8) is 0 Å². The Hall–Kier alpha value is -1.03. The third kappa shape index (κ3) is 3.42. The molecule has 5 heteroatoms. The Kier molecular flexibility index (Phi) is 4.53. The number of hydrogen-bond acceptors (Lipinski definition) is 3. The predicted octanol–water partition coefficient (Wildman–Crippen LogP) is 3.69. The normalized spacial score (nSPS) is 25.8.